The van der Waals surface area contributed by atoms with Crippen molar-refractivity contribution in [2.75, 3.05) is 5.73 Å². The minimum absolute atomic E-state index is 0.477. The average molecular weight is 202 g/mol. The second kappa shape index (κ2) is 2.97. The van der Waals surface area contributed by atoms with E-state index in [-0.39, 0.29) is 0 Å². The van der Waals surface area contributed by atoms with E-state index in [1.54, 1.807) is 0 Å². The molecule has 2 aromatic rings. The summed E-state index contributed by atoms with van der Waals surface area (Å²) in [7, 11) is 0. The van der Waals surface area contributed by atoms with Gasteiger partial charge in [-0.2, -0.15) is 0 Å². The monoisotopic (exact) mass is 202 g/mol. The largest absolute Gasteiger partial charge is 0.397 e. The molecule has 0 amide bonds. The number of fused-ring (bicyclic) bond motifs is 1. The Bertz CT molecular complexity index is 511. The molecule has 0 unspecified atom stereocenters. The van der Waals surface area contributed by atoms with Crippen molar-refractivity contribution in [3.05, 3.63) is 24.0 Å². The minimum Gasteiger partial charge on any atom is -0.397 e. The number of imidazole rings is 1. The third kappa shape index (κ3) is 1.22. The van der Waals surface area contributed by atoms with Gasteiger partial charge >= 0.3 is 0 Å². The molecule has 1 fully saturated rings. The Morgan fingerprint density at radius 3 is 2.87 bits per heavy atom. The van der Waals surface area contributed by atoms with Gasteiger partial charge in [-0.1, -0.05) is 6.07 Å². The Kier molecular flexibility index (Phi) is 1.73. The normalized spacial score (nSPS) is 16.1. The summed E-state index contributed by atoms with van der Waals surface area (Å²) in [5.74, 6) is 0.949. The van der Waals surface area contributed by atoms with Gasteiger partial charge in [-0.15, -0.1) is 0 Å². The number of nitrogen functional groups attached to an aromatic ring is 1. The number of aromatic nitrogens is 2. The average Bonchev–Trinajstić information content (AvgIpc) is 3.00. The highest BCUT2D eigenvalue weighted by atomic mass is 15.1. The molecule has 0 bridgehead atoms. The van der Waals surface area contributed by atoms with Crippen LogP contribution in [0.2, 0.25) is 0 Å². The van der Waals surface area contributed by atoms with Crippen LogP contribution in [0.1, 0.15) is 24.7 Å². The van der Waals surface area contributed by atoms with E-state index in [0.717, 1.165) is 22.5 Å². The summed E-state index contributed by atoms with van der Waals surface area (Å²) in [6.45, 7) is 0.477. The topological polar surface area (TPSA) is 69.9 Å². The molecule has 0 saturated heterocycles. The zero-order chi connectivity index (χ0) is 10.4. The number of nitrogens with two attached hydrogens (primary N) is 2. The van der Waals surface area contributed by atoms with Crippen LogP contribution >= 0.6 is 0 Å². The first-order valence-corrected chi connectivity index (χ1v) is 5.26. The lowest BCUT2D eigenvalue weighted by Gasteiger charge is -2.05. The van der Waals surface area contributed by atoms with Crippen molar-refractivity contribution in [3.8, 4) is 0 Å². The van der Waals surface area contributed by atoms with E-state index < -0.39 is 0 Å². The van der Waals surface area contributed by atoms with Gasteiger partial charge in [0.2, 0.25) is 0 Å². The van der Waals surface area contributed by atoms with Crippen molar-refractivity contribution >= 4 is 16.7 Å². The molecular formula is C11H14N4. The maximum absolute atomic E-state index is 5.90. The summed E-state index contributed by atoms with van der Waals surface area (Å²) < 4.78 is 2.24. The van der Waals surface area contributed by atoms with Gasteiger partial charge in [-0.25, -0.2) is 4.98 Å². The minimum atomic E-state index is 0.477. The summed E-state index contributed by atoms with van der Waals surface area (Å²) in [6, 6.07) is 6.51. The quantitative estimate of drug-likeness (QED) is 0.723. The van der Waals surface area contributed by atoms with Crippen LogP contribution < -0.4 is 11.5 Å². The van der Waals surface area contributed by atoms with Crippen molar-refractivity contribution in [1.29, 1.82) is 0 Å². The van der Waals surface area contributed by atoms with Crippen LogP contribution in [-0.2, 0) is 6.54 Å². The lowest BCUT2D eigenvalue weighted by molar-refractivity contribution is 0.701. The van der Waals surface area contributed by atoms with Crippen LogP contribution in [-0.4, -0.2) is 9.55 Å². The van der Waals surface area contributed by atoms with E-state index in [0.29, 0.717) is 12.6 Å². The first-order valence-electron chi connectivity index (χ1n) is 5.26. The fraction of sp³-hybridized carbons (Fsp3) is 0.364. The number of hydrogen-bond donors (Lipinski definition) is 2. The maximum atomic E-state index is 5.90. The Balaban J connectivity index is 2.33. The molecule has 15 heavy (non-hydrogen) atoms. The zero-order valence-corrected chi connectivity index (χ0v) is 8.48. The highest BCUT2D eigenvalue weighted by Crippen LogP contribution is 2.39. The lowest BCUT2D eigenvalue weighted by Crippen LogP contribution is -2.06. The highest BCUT2D eigenvalue weighted by molar-refractivity contribution is 5.87. The molecule has 0 atom stereocenters. The van der Waals surface area contributed by atoms with Crippen molar-refractivity contribution in [2.45, 2.75) is 25.4 Å². The SMILES string of the molecule is NCc1nc2c(N)cccc2n1C1CC1. The standard InChI is InChI=1S/C11H14N4/c12-6-10-14-11-8(13)2-1-3-9(11)15(10)7-4-5-7/h1-3,7H,4-6,12-13H2. The molecule has 1 heterocycles. The van der Waals surface area contributed by atoms with Crippen LogP contribution in [0.4, 0.5) is 5.69 Å². The molecule has 1 aromatic carbocycles. The number of anilines is 1. The van der Waals surface area contributed by atoms with Crippen molar-refractivity contribution < 1.29 is 0 Å². The van der Waals surface area contributed by atoms with Gasteiger partial charge in [0, 0.05) is 6.04 Å². The molecule has 1 aliphatic carbocycles. The molecule has 1 aromatic heterocycles. The third-order valence-corrected chi connectivity index (χ3v) is 2.92. The van der Waals surface area contributed by atoms with Crippen molar-refractivity contribution in [1.82, 2.24) is 9.55 Å². The van der Waals surface area contributed by atoms with Gasteiger partial charge in [0.25, 0.3) is 0 Å². The molecule has 0 aliphatic heterocycles. The number of benzene rings is 1. The first kappa shape index (κ1) is 8.73. The van der Waals surface area contributed by atoms with Crippen LogP contribution in [0.25, 0.3) is 11.0 Å². The van der Waals surface area contributed by atoms with Gasteiger partial charge < -0.3 is 16.0 Å². The van der Waals surface area contributed by atoms with Gasteiger partial charge in [-0.05, 0) is 25.0 Å². The number of hydrogen-bond acceptors (Lipinski definition) is 3. The fourth-order valence-corrected chi connectivity index (χ4v) is 2.07. The van der Waals surface area contributed by atoms with Crippen molar-refractivity contribution in [3.63, 3.8) is 0 Å². The molecule has 4 nitrogen and oxygen atoms in total. The van der Waals surface area contributed by atoms with E-state index in [2.05, 4.69) is 15.6 Å². The molecule has 1 saturated carbocycles. The summed E-state index contributed by atoms with van der Waals surface area (Å²) in [5, 5.41) is 0. The fourth-order valence-electron chi connectivity index (χ4n) is 2.07. The molecular weight excluding hydrogens is 188 g/mol. The number of para-hydroxylation sites is 1. The Morgan fingerprint density at radius 1 is 1.40 bits per heavy atom. The molecule has 4 heteroatoms. The molecule has 78 valence electrons. The second-order valence-electron chi connectivity index (χ2n) is 4.05. The molecule has 3 rings (SSSR count). The Morgan fingerprint density at radius 2 is 2.20 bits per heavy atom. The predicted molar refractivity (Wildman–Crippen MR) is 60.3 cm³/mol. The number of rotatable bonds is 2. The highest BCUT2D eigenvalue weighted by Gasteiger charge is 2.27. The van der Waals surface area contributed by atoms with Crippen LogP contribution in [0, 0.1) is 0 Å². The summed E-state index contributed by atoms with van der Waals surface area (Å²) in [6.07, 6.45) is 2.46. The summed E-state index contributed by atoms with van der Waals surface area (Å²) in [5.41, 5.74) is 14.4. The van der Waals surface area contributed by atoms with Crippen LogP contribution in [0.5, 0.6) is 0 Å². The number of nitrogens with zero attached hydrogens (tertiary/aromatic N) is 2. The van der Waals surface area contributed by atoms with Gasteiger partial charge in [0.15, 0.2) is 0 Å². The molecule has 1 aliphatic rings. The van der Waals surface area contributed by atoms with E-state index in [4.69, 9.17) is 11.5 Å². The van der Waals surface area contributed by atoms with Gasteiger partial charge in [-0.3, -0.25) is 0 Å². The maximum Gasteiger partial charge on any atom is 0.124 e. The van der Waals surface area contributed by atoms with Crippen LogP contribution in [0.15, 0.2) is 18.2 Å². The second-order valence-corrected chi connectivity index (χ2v) is 4.05. The van der Waals surface area contributed by atoms with Crippen molar-refractivity contribution in [2.24, 2.45) is 5.73 Å². The predicted octanol–water partition coefficient (Wildman–Crippen LogP) is 1.41. The van der Waals surface area contributed by atoms with Gasteiger partial charge in [0.1, 0.15) is 11.3 Å². The van der Waals surface area contributed by atoms with E-state index in [1.165, 1.54) is 12.8 Å². The van der Waals surface area contributed by atoms with E-state index >= 15 is 0 Å². The lowest BCUT2D eigenvalue weighted by atomic mass is 10.3. The Hall–Kier alpha value is -1.55. The molecule has 0 radical (unpaired) electrons. The zero-order valence-electron chi connectivity index (χ0n) is 8.48. The third-order valence-electron chi connectivity index (χ3n) is 2.92. The summed E-state index contributed by atoms with van der Waals surface area (Å²) >= 11 is 0. The first-order chi connectivity index (χ1) is 7.31. The molecule has 4 N–H and O–H groups in total. The van der Waals surface area contributed by atoms with Gasteiger partial charge in [0.05, 0.1) is 17.7 Å². The van der Waals surface area contributed by atoms with Crippen LogP contribution in [0.3, 0.4) is 0 Å². The Labute approximate surface area is 87.9 Å². The summed E-state index contributed by atoms with van der Waals surface area (Å²) in [4.78, 5) is 4.50. The van der Waals surface area contributed by atoms with E-state index in [9.17, 15) is 0 Å². The van der Waals surface area contributed by atoms with E-state index in [1.807, 2.05) is 12.1 Å². The smallest absolute Gasteiger partial charge is 0.124 e. The molecule has 0 spiro atoms.